The summed E-state index contributed by atoms with van der Waals surface area (Å²) in [7, 11) is 0. The molecule has 4 aromatic rings. The molecule has 27 heavy (non-hydrogen) atoms. The van der Waals surface area contributed by atoms with E-state index in [1.165, 1.54) is 38.6 Å². The summed E-state index contributed by atoms with van der Waals surface area (Å²) in [6.07, 6.45) is 4.23. The van der Waals surface area contributed by atoms with Crippen molar-refractivity contribution in [1.82, 2.24) is 0 Å². The van der Waals surface area contributed by atoms with Gasteiger partial charge in [0.15, 0.2) is 0 Å². The summed E-state index contributed by atoms with van der Waals surface area (Å²) < 4.78 is 0. The fraction of sp³-hybridized carbons (Fsp3) is 0.185. The van der Waals surface area contributed by atoms with Crippen molar-refractivity contribution < 1.29 is 0 Å². The summed E-state index contributed by atoms with van der Waals surface area (Å²) >= 11 is 0. The first-order valence-corrected chi connectivity index (χ1v) is 9.94. The lowest BCUT2D eigenvalue weighted by molar-refractivity contribution is 0.964. The van der Waals surface area contributed by atoms with Crippen LogP contribution in [-0.2, 0) is 25.7 Å². The van der Waals surface area contributed by atoms with E-state index in [0.717, 1.165) is 25.7 Å². The molecule has 0 heteroatoms. The van der Waals surface area contributed by atoms with Crippen molar-refractivity contribution in [2.24, 2.45) is 0 Å². The second-order valence-corrected chi connectivity index (χ2v) is 7.27. The highest BCUT2D eigenvalue weighted by molar-refractivity contribution is 5.89. The number of hydrogen-bond donors (Lipinski definition) is 0. The average Bonchev–Trinajstić information content (AvgIpc) is 2.73. The second-order valence-electron chi connectivity index (χ2n) is 7.27. The van der Waals surface area contributed by atoms with Gasteiger partial charge in [0.2, 0.25) is 0 Å². The molecule has 0 unspecified atom stereocenters. The van der Waals surface area contributed by atoms with Gasteiger partial charge in [0.25, 0.3) is 0 Å². The maximum Gasteiger partial charge on any atom is -0.00254 e. The van der Waals surface area contributed by atoms with Crippen LogP contribution in [-0.4, -0.2) is 0 Å². The van der Waals surface area contributed by atoms with Crippen LogP contribution in [0.25, 0.3) is 10.8 Å². The van der Waals surface area contributed by atoms with Crippen molar-refractivity contribution in [3.05, 3.63) is 119 Å². The molecule has 4 aromatic carbocycles. The van der Waals surface area contributed by atoms with E-state index in [2.05, 4.69) is 97.9 Å². The van der Waals surface area contributed by atoms with E-state index in [-0.39, 0.29) is 0 Å². The Morgan fingerprint density at radius 2 is 1.22 bits per heavy atom. The highest BCUT2D eigenvalue weighted by Crippen LogP contribution is 2.27. The van der Waals surface area contributed by atoms with Crippen molar-refractivity contribution >= 4 is 10.8 Å². The van der Waals surface area contributed by atoms with Crippen molar-refractivity contribution in [2.75, 3.05) is 0 Å². The third kappa shape index (κ3) is 4.11. The lowest BCUT2D eigenvalue weighted by Gasteiger charge is -2.14. The molecule has 4 rings (SSSR count). The molecule has 0 aromatic heterocycles. The standard InChI is InChI=1S/C27H26/c1-2-24-14-9-15-26-25(17-16-21-10-5-3-6-11-21)19-23(20-27(24)26)18-22-12-7-4-8-13-22/h3-15,19-20H,2,16-18H2,1H3. The molecule has 0 nitrogen and oxygen atoms in total. The van der Waals surface area contributed by atoms with E-state index < -0.39 is 0 Å². The van der Waals surface area contributed by atoms with Gasteiger partial charge in [-0.15, -0.1) is 0 Å². The van der Waals surface area contributed by atoms with Gasteiger partial charge >= 0.3 is 0 Å². The van der Waals surface area contributed by atoms with Crippen LogP contribution in [0.15, 0.2) is 91.0 Å². The van der Waals surface area contributed by atoms with Gasteiger partial charge in [0.05, 0.1) is 0 Å². The van der Waals surface area contributed by atoms with Gasteiger partial charge in [-0.1, -0.05) is 97.9 Å². The van der Waals surface area contributed by atoms with E-state index in [1.807, 2.05) is 0 Å². The van der Waals surface area contributed by atoms with E-state index in [4.69, 9.17) is 0 Å². The number of rotatable bonds is 6. The molecule has 0 aliphatic rings. The zero-order valence-electron chi connectivity index (χ0n) is 16.0. The van der Waals surface area contributed by atoms with Gasteiger partial charge in [-0.2, -0.15) is 0 Å². The molecule has 0 fully saturated rings. The largest absolute Gasteiger partial charge is 0.0622 e. The lowest BCUT2D eigenvalue weighted by atomic mass is 9.91. The topological polar surface area (TPSA) is 0 Å². The molecular formula is C27H26. The Bertz CT molecular complexity index is 1010. The maximum absolute atomic E-state index is 2.43. The summed E-state index contributed by atoms with van der Waals surface area (Å²) in [5.41, 5.74) is 7.12. The van der Waals surface area contributed by atoms with Crippen LogP contribution in [0.1, 0.15) is 34.7 Å². The fourth-order valence-corrected chi connectivity index (χ4v) is 3.96. The van der Waals surface area contributed by atoms with Crippen LogP contribution in [0.2, 0.25) is 0 Å². The second kappa shape index (κ2) is 8.22. The maximum atomic E-state index is 2.43. The van der Waals surface area contributed by atoms with E-state index >= 15 is 0 Å². The predicted molar refractivity (Wildman–Crippen MR) is 116 cm³/mol. The van der Waals surface area contributed by atoms with Crippen LogP contribution in [0.4, 0.5) is 0 Å². The number of benzene rings is 4. The zero-order chi connectivity index (χ0) is 18.5. The van der Waals surface area contributed by atoms with Gasteiger partial charge in [-0.25, -0.2) is 0 Å². The summed E-state index contributed by atoms with van der Waals surface area (Å²) in [5.74, 6) is 0. The molecule has 0 aliphatic heterocycles. The molecule has 0 saturated heterocycles. The van der Waals surface area contributed by atoms with Crippen molar-refractivity contribution in [3.63, 3.8) is 0 Å². The first-order chi connectivity index (χ1) is 13.3. The van der Waals surface area contributed by atoms with Gasteiger partial charge in [0, 0.05) is 0 Å². The molecule has 0 radical (unpaired) electrons. The van der Waals surface area contributed by atoms with Gasteiger partial charge in [0.1, 0.15) is 0 Å². The fourth-order valence-electron chi connectivity index (χ4n) is 3.96. The van der Waals surface area contributed by atoms with Crippen LogP contribution in [0, 0.1) is 0 Å². The highest BCUT2D eigenvalue weighted by atomic mass is 14.1. The Morgan fingerprint density at radius 3 is 1.93 bits per heavy atom. The van der Waals surface area contributed by atoms with Crippen LogP contribution in [0.3, 0.4) is 0 Å². The summed E-state index contributed by atoms with van der Waals surface area (Å²) in [4.78, 5) is 0. The SMILES string of the molecule is CCc1cccc2c(CCc3ccccc3)cc(Cc3ccccc3)cc12. The minimum atomic E-state index is 0.993. The van der Waals surface area contributed by atoms with Gasteiger partial charge in [-0.05, 0) is 64.3 Å². The molecule has 0 N–H and O–H groups in total. The predicted octanol–water partition coefficient (Wildman–Crippen LogP) is 6.78. The molecule has 0 amide bonds. The average molecular weight is 351 g/mol. The van der Waals surface area contributed by atoms with Crippen LogP contribution < -0.4 is 0 Å². The van der Waals surface area contributed by atoms with E-state index in [0.29, 0.717) is 0 Å². The van der Waals surface area contributed by atoms with E-state index in [9.17, 15) is 0 Å². The summed E-state index contributed by atoms with van der Waals surface area (Å²) in [6.45, 7) is 2.25. The highest BCUT2D eigenvalue weighted by Gasteiger charge is 2.08. The first-order valence-electron chi connectivity index (χ1n) is 9.94. The molecule has 0 spiro atoms. The first kappa shape index (κ1) is 17.5. The van der Waals surface area contributed by atoms with Gasteiger partial charge < -0.3 is 0 Å². The normalized spacial score (nSPS) is 11.0. The molecule has 0 aliphatic carbocycles. The Balaban J connectivity index is 1.73. The quantitative estimate of drug-likeness (QED) is 0.359. The Hall–Kier alpha value is -2.86. The third-order valence-electron chi connectivity index (χ3n) is 5.39. The molecule has 0 atom stereocenters. The van der Waals surface area contributed by atoms with Crippen molar-refractivity contribution in [1.29, 1.82) is 0 Å². The number of fused-ring (bicyclic) bond motifs is 1. The summed E-state index contributed by atoms with van der Waals surface area (Å²) in [5, 5.41) is 2.85. The zero-order valence-corrected chi connectivity index (χ0v) is 16.0. The molecule has 0 saturated carbocycles. The minimum Gasteiger partial charge on any atom is -0.0622 e. The van der Waals surface area contributed by atoms with Crippen LogP contribution in [0.5, 0.6) is 0 Å². The van der Waals surface area contributed by atoms with Crippen molar-refractivity contribution in [2.45, 2.75) is 32.6 Å². The smallest absolute Gasteiger partial charge is 0.00254 e. The number of aryl methyl sites for hydroxylation is 3. The Kier molecular flexibility index (Phi) is 5.34. The minimum absolute atomic E-state index is 0.993. The third-order valence-corrected chi connectivity index (χ3v) is 5.39. The Morgan fingerprint density at radius 1 is 0.519 bits per heavy atom. The molecule has 0 heterocycles. The van der Waals surface area contributed by atoms with Gasteiger partial charge in [-0.3, -0.25) is 0 Å². The van der Waals surface area contributed by atoms with Crippen molar-refractivity contribution in [3.8, 4) is 0 Å². The molecule has 0 bridgehead atoms. The van der Waals surface area contributed by atoms with E-state index in [1.54, 1.807) is 0 Å². The monoisotopic (exact) mass is 350 g/mol. The lowest BCUT2D eigenvalue weighted by Crippen LogP contribution is -1.98. The number of hydrogen-bond acceptors (Lipinski definition) is 0. The van der Waals surface area contributed by atoms with Crippen LogP contribution >= 0.6 is 0 Å². The molecule has 134 valence electrons. The summed E-state index contributed by atoms with van der Waals surface area (Å²) in [6, 6.07) is 33.2. The molecular weight excluding hydrogens is 324 g/mol. The Labute approximate surface area is 162 Å².